The van der Waals surface area contributed by atoms with Gasteiger partial charge in [-0.3, -0.25) is 0 Å². The Balaban J connectivity index is 2.30. The topological polar surface area (TPSA) is 75.1 Å². The van der Waals surface area contributed by atoms with Gasteiger partial charge in [0, 0.05) is 6.54 Å². The van der Waals surface area contributed by atoms with E-state index in [2.05, 4.69) is 22.4 Å². The lowest BCUT2D eigenvalue weighted by Crippen LogP contribution is -2.20. The van der Waals surface area contributed by atoms with Crippen molar-refractivity contribution in [2.75, 3.05) is 11.9 Å². The van der Waals surface area contributed by atoms with E-state index in [4.69, 9.17) is 0 Å². The lowest BCUT2D eigenvalue weighted by Gasteiger charge is -2.17. The van der Waals surface area contributed by atoms with Crippen LogP contribution in [0, 0.1) is 5.41 Å². The molecule has 1 aromatic rings. The summed E-state index contributed by atoms with van der Waals surface area (Å²) in [5.74, 6) is -0.499. The highest BCUT2D eigenvalue weighted by Gasteiger charge is 2.40. The molecule has 0 unspecified atom stereocenters. The molecule has 1 aliphatic rings. The predicted octanol–water partition coefficient (Wildman–Crippen LogP) is 2.90. The van der Waals surface area contributed by atoms with E-state index in [1.165, 1.54) is 12.8 Å². The minimum absolute atomic E-state index is 0.297. The zero-order chi connectivity index (χ0) is 14.8. The summed E-state index contributed by atoms with van der Waals surface area (Å²) in [5, 5.41) is 21.0. The number of nitrogens with one attached hydrogen (secondary N) is 1. The molecule has 0 aromatic carbocycles. The summed E-state index contributed by atoms with van der Waals surface area (Å²) in [5.41, 5.74) is 2.23. The van der Waals surface area contributed by atoms with Crippen molar-refractivity contribution in [3.63, 3.8) is 0 Å². The van der Waals surface area contributed by atoms with Gasteiger partial charge in [0.2, 0.25) is 0 Å². The Bertz CT molecular complexity index is 510. The standard InChI is InChI=1S/C15H23N3O2/c1-4-10-11(5-2)17-18-13(12(10)14(19)20)16-9-15(6-3)7-8-15/h4-9H2,1-3H3,(H,16,18)(H,19,20). The SMILES string of the molecule is CCc1nnc(NCC2(CC)CC2)c(C(=O)O)c1CC. The molecule has 1 saturated carbocycles. The van der Waals surface area contributed by atoms with Gasteiger partial charge >= 0.3 is 5.97 Å². The van der Waals surface area contributed by atoms with Crippen LogP contribution in [0.25, 0.3) is 0 Å². The lowest BCUT2D eigenvalue weighted by atomic mass is 10.0. The van der Waals surface area contributed by atoms with Crippen LogP contribution in [-0.4, -0.2) is 27.8 Å². The second kappa shape index (κ2) is 5.77. The van der Waals surface area contributed by atoms with Crippen LogP contribution in [0.1, 0.15) is 61.6 Å². The molecule has 0 aliphatic heterocycles. The third-order valence-corrected chi connectivity index (χ3v) is 4.40. The maximum absolute atomic E-state index is 11.6. The first-order chi connectivity index (χ1) is 9.56. The average molecular weight is 277 g/mol. The first-order valence-corrected chi connectivity index (χ1v) is 7.42. The second-order valence-corrected chi connectivity index (χ2v) is 5.57. The number of rotatable bonds is 7. The number of carboxylic acids is 1. The number of hydrogen-bond acceptors (Lipinski definition) is 4. The van der Waals surface area contributed by atoms with Crippen LogP contribution in [0.2, 0.25) is 0 Å². The molecule has 5 nitrogen and oxygen atoms in total. The van der Waals surface area contributed by atoms with Crippen molar-refractivity contribution in [1.29, 1.82) is 0 Å². The van der Waals surface area contributed by atoms with Crippen LogP contribution >= 0.6 is 0 Å². The van der Waals surface area contributed by atoms with Crippen molar-refractivity contribution in [3.8, 4) is 0 Å². The molecule has 0 bridgehead atoms. The number of aromatic carboxylic acids is 1. The van der Waals surface area contributed by atoms with Gasteiger partial charge in [-0.25, -0.2) is 4.79 Å². The zero-order valence-corrected chi connectivity index (χ0v) is 12.5. The average Bonchev–Trinajstić information content (AvgIpc) is 3.24. The monoisotopic (exact) mass is 277 g/mol. The Hall–Kier alpha value is -1.65. The Morgan fingerprint density at radius 1 is 1.25 bits per heavy atom. The van der Waals surface area contributed by atoms with Gasteiger partial charge in [-0.15, -0.1) is 5.10 Å². The highest BCUT2D eigenvalue weighted by molar-refractivity contribution is 5.95. The maximum atomic E-state index is 11.6. The number of anilines is 1. The van der Waals surface area contributed by atoms with Gasteiger partial charge in [0.25, 0.3) is 0 Å². The molecule has 1 aromatic heterocycles. The summed E-state index contributed by atoms with van der Waals surface area (Å²) >= 11 is 0. The van der Waals surface area contributed by atoms with Crippen molar-refractivity contribution >= 4 is 11.8 Å². The van der Waals surface area contributed by atoms with Crippen LogP contribution in [0.3, 0.4) is 0 Å². The smallest absolute Gasteiger partial charge is 0.339 e. The van der Waals surface area contributed by atoms with E-state index >= 15 is 0 Å². The van der Waals surface area contributed by atoms with Crippen LogP contribution < -0.4 is 5.32 Å². The molecule has 1 aliphatic carbocycles. The third kappa shape index (κ3) is 2.76. The molecule has 1 heterocycles. The van der Waals surface area contributed by atoms with Crippen LogP contribution in [0.5, 0.6) is 0 Å². The van der Waals surface area contributed by atoms with E-state index in [-0.39, 0.29) is 0 Å². The van der Waals surface area contributed by atoms with Gasteiger partial charge < -0.3 is 10.4 Å². The van der Waals surface area contributed by atoms with Crippen LogP contribution in [0.4, 0.5) is 5.82 Å². The molecule has 0 saturated heterocycles. The number of aryl methyl sites for hydroxylation is 1. The summed E-state index contributed by atoms with van der Waals surface area (Å²) in [6, 6.07) is 0. The molecular formula is C15H23N3O2. The molecular weight excluding hydrogens is 254 g/mol. The summed E-state index contributed by atoms with van der Waals surface area (Å²) in [6.07, 6.45) is 4.90. The minimum Gasteiger partial charge on any atom is -0.478 e. The van der Waals surface area contributed by atoms with Gasteiger partial charge in [0.1, 0.15) is 5.56 Å². The number of aromatic nitrogens is 2. The van der Waals surface area contributed by atoms with Gasteiger partial charge in [-0.2, -0.15) is 5.10 Å². The quantitative estimate of drug-likeness (QED) is 0.801. The van der Waals surface area contributed by atoms with Crippen molar-refractivity contribution in [3.05, 3.63) is 16.8 Å². The van der Waals surface area contributed by atoms with Crippen LogP contribution in [-0.2, 0) is 12.8 Å². The fourth-order valence-corrected chi connectivity index (χ4v) is 2.63. The maximum Gasteiger partial charge on any atom is 0.339 e. The number of carbonyl (C=O) groups is 1. The third-order valence-electron chi connectivity index (χ3n) is 4.40. The molecule has 0 radical (unpaired) electrons. The van der Waals surface area contributed by atoms with E-state index in [0.717, 1.165) is 24.2 Å². The van der Waals surface area contributed by atoms with Gasteiger partial charge in [0.05, 0.1) is 5.69 Å². The Morgan fingerprint density at radius 3 is 2.40 bits per heavy atom. The van der Waals surface area contributed by atoms with Crippen molar-refractivity contribution < 1.29 is 9.90 Å². The van der Waals surface area contributed by atoms with Gasteiger partial charge in [-0.05, 0) is 43.1 Å². The van der Waals surface area contributed by atoms with Gasteiger partial charge in [0.15, 0.2) is 5.82 Å². The van der Waals surface area contributed by atoms with E-state index < -0.39 is 5.97 Å². The molecule has 110 valence electrons. The Labute approximate surface area is 119 Å². The molecule has 1 fully saturated rings. The predicted molar refractivity (Wildman–Crippen MR) is 78.2 cm³/mol. The molecule has 2 N–H and O–H groups in total. The van der Waals surface area contributed by atoms with Crippen molar-refractivity contribution in [1.82, 2.24) is 10.2 Å². The molecule has 5 heteroatoms. The summed E-state index contributed by atoms with van der Waals surface area (Å²) in [6.45, 7) is 6.89. The van der Waals surface area contributed by atoms with E-state index in [1.807, 2.05) is 13.8 Å². The largest absolute Gasteiger partial charge is 0.478 e. The molecule has 20 heavy (non-hydrogen) atoms. The number of hydrogen-bond donors (Lipinski definition) is 2. The van der Waals surface area contributed by atoms with Crippen molar-refractivity contribution in [2.24, 2.45) is 5.41 Å². The Kier molecular flexibility index (Phi) is 4.26. The second-order valence-electron chi connectivity index (χ2n) is 5.57. The van der Waals surface area contributed by atoms with Crippen LogP contribution in [0.15, 0.2) is 0 Å². The summed E-state index contributed by atoms with van der Waals surface area (Å²) < 4.78 is 0. The highest BCUT2D eigenvalue weighted by Crippen LogP contribution is 2.48. The van der Waals surface area contributed by atoms with E-state index in [1.54, 1.807) is 0 Å². The van der Waals surface area contributed by atoms with Gasteiger partial charge in [-0.1, -0.05) is 20.8 Å². The molecule has 0 spiro atoms. The summed E-state index contributed by atoms with van der Waals surface area (Å²) in [7, 11) is 0. The Morgan fingerprint density at radius 2 is 1.95 bits per heavy atom. The summed E-state index contributed by atoms with van der Waals surface area (Å²) in [4.78, 5) is 11.6. The molecule has 2 rings (SSSR count). The minimum atomic E-state index is -0.921. The normalized spacial score (nSPS) is 15.9. The highest BCUT2D eigenvalue weighted by atomic mass is 16.4. The lowest BCUT2D eigenvalue weighted by molar-refractivity contribution is 0.0696. The fraction of sp³-hybridized carbons (Fsp3) is 0.667. The van der Waals surface area contributed by atoms with E-state index in [0.29, 0.717) is 29.6 Å². The van der Waals surface area contributed by atoms with Crippen molar-refractivity contribution in [2.45, 2.75) is 52.9 Å². The van der Waals surface area contributed by atoms with E-state index in [9.17, 15) is 9.90 Å². The first kappa shape index (κ1) is 14.8. The fourth-order valence-electron chi connectivity index (χ4n) is 2.63. The molecule has 0 amide bonds. The zero-order valence-electron chi connectivity index (χ0n) is 12.5. The number of nitrogens with zero attached hydrogens (tertiary/aromatic N) is 2. The molecule has 0 atom stereocenters. The first-order valence-electron chi connectivity index (χ1n) is 7.42. The number of carboxylic acid groups (broad SMARTS) is 1.